The summed E-state index contributed by atoms with van der Waals surface area (Å²) in [6.07, 6.45) is 1.90. The SMILES string of the molecule is CCOC(=O)[C@@H]1CCCN(C(=NC)NCCN(CC)C(C)C)C1. The summed E-state index contributed by atoms with van der Waals surface area (Å²) >= 11 is 0. The van der Waals surface area contributed by atoms with E-state index in [0.717, 1.165) is 45.0 Å². The third-order valence-corrected chi connectivity index (χ3v) is 4.37. The molecule has 0 unspecified atom stereocenters. The Morgan fingerprint density at radius 1 is 1.43 bits per heavy atom. The highest BCUT2D eigenvalue weighted by atomic mass is 16.5. The van der Waals surface area contributed by atoms with E-state index in [9.17, 15) is 4.79 Å². The van der Waals surface area contributed by atoms with Gasteiger partial charge in [0, 0.05) is 39.3 Å². The standard InChI is InChI=1S/C17H34N4O2/c1-6-20(14(3)4)12-10-19-17(18-5)21-11-8-9-15(13-21)16(22)23-7-2/h14-15H,6-13H2,1-5H3,(H,18,19)/t15-/m1/s1. The lowest BCUT2D eigenvalue weighted by Crippen LogP contribution is -2.49. The molecule has 0 aromatic heterocycles. The minimum absolute atomic E-state index is 0.0370. The predicted octanol–water partition coefficient (Wildman–Crippen LogP) is 1.57. The number of hydrogen-bond donors (Lipinski definition) is 1. The Morgan fingerprint density at radius 3 is 2.74 bits per heavy atom. The molecule has 1 aliphatic rings. The summed E-state index contributed by atoms with van der Waals surface area (Å²) in [6.45, 7) is 13.5. The summed E-state index contributed by atoms with van der Waals surface area (Å²) in [4.78, 5) is 20.9. The van der Waals surface area contributed by atoms with Crippen LogP contribution in [0.25, 0.3) is 0 Å². The van der Waals surface area contributed by atoms with Crippen LogP contribution >= 0.6 is 0 Å². The smallest absolute Gasteiger partial charge is 0.310 e. The number of aliphatic imine (C=N–C) groups is 1. The average Bonchev–Trinajstić information content (AvgIpc) is 2.55. The molecule has 1 aliphatic heterocycles. The molecule has 0 saturated carbocycles. The maximum Gasteiger partial charge on any atom is 0.310 e. The molecule has 0 aromatic carbocycles. The van der Waals surface area contributed by atoms with Crippen LogP contribution in [0.15, 0.2) is 4.99 Å². The van der Waals surface area contributed by atoms with Gasteiger partial charge in [-0.2, -0.15) is 0 Å². The Hall–Kier alpha value is -1.30. The number of nitrogens with zero attached hydrogens (tertiary/aromatic N) is 3. The number of ether oxygens (including phenoxy) is 1. The molecule has 1 rings (SSSR count). The minimum atomic E-state index is -0.0791. The Bertz CT molecular complexity index is 385. The molecule has 1 N–H and O–H groups in total. The van der Waals surface area contributed by atoms with Crippen molar-refractivity contribution in [2.45, 2.75) is 46.6 Å². The summed E-state index contributed by atoms with van der Waals surface area (Å²) < 4.78 is 5.16. The Morgan fingerprint density at radius 2 is 2.17 bits per heavy atom. The number of likely N-dealkylation sites (N-methyl/N-ethyl adjacent to an activating group) is 1. The van der Waals surface area contributed by atoms with Gasteiger partial charge in [0.05, 0.1) is 12.5 Å². The van der Waals surface area contributed by atoms with Crippen LogP contribution in [0.4, 0.5) is 0 Å². The van der Waals surface area contributed by atoms with E-state index >= 15 is 0 Å². The molecule has 0 aromatic rings. The monoisotopic (exact) mass is 326 g/mol. The first-order valence-corrected chi connectivity index (χ1v) is 8.89. The molecule has 0 aliphatic carbocycles. The number of esters is 1. The third kappa shape index (κ3) is 6.37. The molecule has 23 heavy (non-hydrogen) atoms. The molecule has 6 heteroatoms. The molecule has 0 spiro atoms. The second-order valence-corrected chi connectivity index (χ2v) is 6.23. The van der Waals surface area contributed by atoms with Crippen LogP contribution < -0.4 is 5.32 Å². The number of hydrogen-bond acceptors (Lipinski definition) is 4. The van der Waals surface area contributed by atoms with Crippen molar-refractivity contribution < 1.29 is 9.53 Å². The number of carbonyl (C=O) groups excluding carboxylic acids is 1. The molecular weight excluding hydrogens is 292 g/mol. The van der Waals surface area contributed by atoms with E-state index in [1.807, 2.05) is 6.92 Å². The van der Waals surface area contributed by atoms with Crippen molar-refractivity contribution in [2.24, 2.45) is 10.9 Å². The van der Waals surface area contributed by atoms with Crippen LogP contribution in [0.5, 0.6) is 0 Å². The number of rotatable bonds is 7. The van der Waals surface area contributed by atoms with Gasteiger partial charge in [-0.05, 0) is 40.2 Å². The van der Waals surface area contributed by atoms with Gasteiger partial charge < -0.3 is 15.0 Å². The van der Waals surface area contributed by atoms with E-state index in [1.54, 1.807) is 7.05 Å². The fourth-order valence-electron chi connectivity index (χ4n) is 3.05. The van der Waals surface area contributed by atoms with Crippen LogP contribution in [-0.2, 0) is 9.53 Å². The van der Waals surface area contributed by atoms with Crippen molar-refractivity contribution in [3.05, 3.63) is 0 Å². The number of likely N-dealkylation sites (tertiary alicyclic amines) is 1. The highest BCUT2D eigenvalue weighted by Gasteiger charge is 2.28. The minimum Gasteiger partial charge on any atom is -0.466 e. The predicted molar refractivity (Wildman–Crippen MR) is 94.7 cm³/mol. The van der Waals surface area contributed by atoms with Gasteiger partial charge in [-0.3, -0.25) is 14.7 Å². The molecule has 0 amide bonds. The van der Waals surface area contributed by atoms with Crippen molar-refractivity contribution in [1.82, 2.24) is 15.1 Å². The van der Waals surface area contributed by atoms with Gasteiger partial charge in [-0.25, -0.2) is 0 Å². The highest BCUT2D eigenvalue weighted by Crippen LogP contribution is 2.18. The van der Waals surface area contributed by atoms with Crippen molar-refractivity contribution in [1.29, 1.82) is 0 Å². The molecule has 1 atom stereocenters. The van der Waals surface area contributed by atoms with Crippen LogP contribution in [0, 0.1) is 5.92 Å². The van der Waals surface area contributed by atoms with Crippen molar-refractivity contribution in [2.75, 3.05) is 46.4 Å². The molecule has 0 radical (unpaired) electrons. The first-order chi connectivity index (χ1) is 11.0. The van der Waals surface area contributed by atoms with E-state index in [0.29, 0.717) is 19.2 Å². The first-order valence-electron chi connectivity index (χ1n) is 8.89. The summed E-state index contributed by atoms with van der Waals surface area (Å²) in [5.41, 5.74) is 0. The van der Waals surface area contributed by atoms with Crippen LogP contribution in [-0.4, -0.2) is 74.1 Å². The molecule has 0 bridgehead atoms. The zero-order valence-electron chi connectivity index (χ0n) is 15.5. The quantitative estimate of drug-likeness (QED) is 0.437. The summed E-state index contributed by atoms with van der Waals surface area (Å²) in [5, 5.41) is 3.43. The van der Waals surface area contributed by atoms with Crippen molar-refractivity contribution >= 4 is 11.9 Å². The summed E-state index contributed by atoms with van der Waals surface area (Å²) in [7, 11) is 1.80. The van der Waals surface area contributed by atoms with Gasteiger partial charge >= 0.3 is 5.97 Å². The summed E-state index contributed by atoms with van der Waals surface area (Å²) in [5.74, 6) is 0.772. The molecule has 1 fully saturated rings. The average molecular weight is 326 g/mol. The van der Waals surface area contributed by atoms with Crippen LogP contribution in [0.1, 0.15) is 40.5 Å². The molecule has 134 valence electrons. The lowest BCUT2D eigenvalue weighted by atomic mass is 9.98. The van der Waals surface area contributed by atoms with Gasteiger partial charge in [-0.1, -0.05) is 6.92 Å². The van der Waals surface area contributed by atoms with E-state index in [4.69, 9.17) is 4.74 Å². The number of carbonyl (C=O) groups is 1. The number of guanidine groups is 1. The number of nitrogens with one attached hydrogen (secondary N) is 1. The maximum atomic E-state index is 12.0. The lowest BCUT2D eigenvalue weighted by molar-refractivity contribution is -0.149. The Kier molecular flexibility index (Phi) is 8.99. The second-order valence-electron chi connectivity index (χ2n) is 6.23. The second kappa shape index (κ2) is 10.5. The van der Waals surface area contributed by atoms with Gasteiger partial charge in [0.25, 0.3) is 0 Å². The zero-order chi connectivity index (χ0) is 17.2. The van der Waals surface area contributed by atoms with E-state index in [-0.39, 0.29) is 11.9 Å². The normalized spacial score (nSPS) is 19.3. The van der Waals surface area contributed by atoms with E-state index in [2.05, 4.69) is 40.9 Å². The van der Waals surface area contributed by atoms with E-state index in [1.165, 1.54) is 0 Å². The lowest BCUT2D eigenvalue weighted by Gasteiger charge is -2.34. The van der Waals surface area contributed by atoms with E-state index < -0.39 is 0 Å². The Balaban J connectivity index is 2.49. The van der Waals surface area contributed by atoms with Crippen LogP contribution in [0.3, 0.4) is 0 Å². The fourth-order valence-corrected chi connectivity index (χ4v) is 3.05. The largest absolute Gasteiger partial charge is 0.466 e. The molecule has 1 saturated heterocycles. The van der Waals surface area contributed by atoms with Crippen molar-refractivity contribution in [3.63, 3.8) is 0 Å². The van der Waals surface area contributed by atoms with Crippen LogP contribution in [0.2, 0.25) is 0 Å². The van der Waals surface area contributed by atoms with Crippen molar-refractivity contribution in [3.8, 4) is 0 Å². The third-order valence-electron chi connectivity index (χ3n) is 4.37. The number of piperidine rings is 1. The van der Waals surface area contributed by atoms with Gasteiger partial charge in [0.1, 0.15) is 0 Å². The highest BCUT2D eigenvalue weighted by molar-refractivity contribution is 5.81. The summed E-state index contributed by atoms with van der Waals surface area (Å²) in [6, 6.07) is 0.548. The van der Waals surface area contributed by atoms with Gasteiger partial charge in [0.2, 0.25) is 0 Å². The van der Waals surface area contributed by atoms with Gasteiger partial charge in [0.15, 0.2) is 5.96 Å². The molecule has 6 nitrogen and oxygen atoms in total. The topological polar surface area (TPSA) is 57.2 Å². The Labute approximate surface area is 141 Å². The fraction of sp³-hybridized carbons (Fsp3) is 0.882. The first kappa shape index (κ1) is 19.7. The zero-order valence-corrected chi connectivity index (χ0v) is 15.5. The molecule has 1 heterocycles. The molecular formula is C17H34N4O2. The maximum absolute atomic E-state index is 12.0. The van der Waals surface area contributed by atoms with Gasteiger partial charge in [-0.15, -0.1) is 0 Å².